The van der Waals surface area contributed by atoms with E-state index < -0.39 is 16.9 Å². The summed E-state index contributed by atoms with van der Waals surface area (Å²) in [7, 11) is 1.43. The van der Waals surface area contributed by atoms with Gasteiger partial charge in [-0.3, -0.25) is 9.59 Å². The maximum Gasteiger partial charge on any atom is 0.309 e. The second-order valence-electron chi connectivity index (χ2n) is 9.58. The van der Waals surface area contributed by atoms with Gasteiger partial charge in [0, 0.05) is 5.41 Å². The van der Waals surface area contributed by atoms with Gasteiger partial charge in [0.1, 0.15) is 0 Å². The Morgan fingerprint density at radius 3 is 2.73 bits per heavy atom. The fourth-order valence-electron chi connectivity index (χ4n) is 7.96. The van der Waals surface area contributed by atoms with Crippen LogP contribution >= 0.6 is 0 Å². The van der Waals surface area contributed by atoms with Gasteiger partial charge >= 0.3 is 5.97 Å². The average Bonchev–Trinajstić information content (AvgIpc) is 3.02. The van der Waals surface area contributed by atoms with Gasteiger partial charge in [-0.2, -0.15) is 0 Å². The standard InChI is InChI=1S/C22H26O4/c1-12-9-20-7-6-15(23)19(12,3)17(20)16(18(24)26-4)21-10-13(2)22(25,11-21)8-5-14(20)21/h6-7,14,16-17,25H,1-2,5,8-11H2,3-4H3/t14-,16-,17+,19+,20+,21-,22-/m1/s1. The second-order valence-corrected chi connectivity index (χ2v) is 9.58. The molecule has 5 aliphatic rings. The van der Waals surface area contributed by atoms with Gasteiger partial charge in [0.15, 0.2) is 5.78 Å². The van der Waals surface area contributed by atoms with E-state index in [9.17, 15) is 14.7 Å². The van der Waals surface area contributed by atoms with Crippen LogP contribution in [0.25, 0.3) is 0 Å². The summed E-state index contributed by atoms with van der Waals surface area (Å²) in [5, 5.41) is 11.1. The topological polar surface area (TPSA) is 63.6 Å². The number of fused-ring (bicyclic) bond motifs is 1. The van der Waals surface area contributed by atoms with E-state index in [1.165, 1.54) is 7.11 Å². The van der Waals surface area contributed by atoms with Crippen molar-refractivity contribution in [3.63, 3.8) is 0 Å². The minimum Gasteiger partial charge on any atom is -0.469 e. The van der Waals surface area contributed by atoms with Gasteiger partial charge < -0.3 is 9.84 Å². The van der Waals surface area contributed by atoms with Gasteiger partial charge in [0.2, 0.25) is 0 Å². The molecule has 0 aromatic carbocycles. The van der Waals surface area contributed by atoms with Crippen LogP contribution in [0.1, 0.15) is 39.0 Å². The first-order valence-electron chi connectivity index (χ1n) is 9.56. The Morgan fingerprint density at radius 1 is 1.31 bits per heavy atom. The zero-order valence-electron chi connectivity index (χ0n) is 15.5. The quantitative estimate of drug-likeness (QED) is 0.581. The van der Waals surface area contributed by atoms with Gasteiger partial charge in [-0.05, 0) is 67.9 Å². The smallest absolute Gasteiger partial charge is 0.309 e. The average molecular weight is 354 g/mol. The zero-order chi connectivity index (χ0) is 18.7. The monoisotopic (exact) mass is 354 g/mol. The molecule has 0 aliphatic heterocycles. The largest absolute Gasteiger partial charge is 0.469 e. The molecule has 0 radical (unpaired) electrons. The van der Waals surface area contributed by atoms with Crippen LogP contribution in [0.5, 0.6) is 0 Å². The number of methoxy groups -OCH3 is 1. The molecule has 0 aromatic heterocycles. The van der Waals surface area contributed by atoms with E-state index in [-0.39, 0.29) is 34.4 Å². The summed E-state index contributed by atoms with van der Waals surface area (Å²) in [6.45, 7) is 10.4. The minimum absolute atomic E-state index is 0.0525. The van der Waals surface area contributed by atoms with Crippen molar-refractivity contribution in [1.29, 1.82) is 0 Å². The molecule has 4 fully saturated rings. The maximum absolute atomic E-state index is 13.1. The predicted octanol–water partition coefficient (Wildman–Crippen LogP) is 2.97. The van der Waals surface area contributed by atoms with E-state index in [4.69, 9.17) is 4.74 Å². The van der Waals surface area contributed by atoms with Crippen LogP contribution in [-0.2, 0) is 14.3 Å². The first kappa shape index (κ1) is 16.5. The molecular formula is C22H26O4. The lowest BCUT2D eigenvalue weighted by Gasteiger charge is -2.45. The van der Waals surface area contributed by atoms with Crippen molar-refractivity contribution in [3.05, 3.63) is 36.5 Å². The molecule has 138 valence electrons. The van der Waals surface area contributed by atoms with Gasteiger partial charge in [0.25, 0.3) is 0 Å². The highest BCUT2D eigenvalue weighted by Crippen LogP contribution is 2.81. The summed E-state index contributed by atoms with van der Waals surface area (Å²) < 4.78 is 5.27. The first-order chi connectivity index (χ1) is 12.2. The Labute approximate surface area is 154 Å². The molecule has 5 rings (SSSR count). The first-order valence-corrected chi connectivity index (χ1v) is 9.56. The normalized spacial score (nSPS) is 53.7. The van der Waals surface area contributed by atoms with E-state index in [2.05, 4.69) is 19.2 Å². The van der Waals surface area contributed by atoms with Gasteiger partial charge in [-0.25, -0.2) is 0 Å². The van der Waals surface area contributed by atoms with Crippen LogP contribution in [0.3, 0.4) is 0 Å². The van der Waals surface area contributed by atoms with Gasteiger partial charge in [-0.15, -0.1) is 0 Å². The van der Waals surface area contributed by atoms with Crippen molar-refractivity contribution in [2.24, 2.45) is 34.0 Å². The van der Waals surface area contributed by atoms with Gasteiger partial charge in [-0.1, -0.05) is 24.8 Å². The van der Waals surface area contributed by atoms with Crippen LogP contribution in [0.2, 0.25) is 0 Å². The number of ketones is 1. The van der Waals surface area contributed by atoms with Crippen molar-refractivity contribution in [2.75, 3.05) is 7.11 Å². The second kappa shape index (κ2) is 4.41. The lowest BCUT2D eigenvalue weighted by Crippen LogP contribution is -2.46. The minimum atomic E-state index is -0.877. The predicted molar refractivity (Wildman–Crippen MR) is 95.9 cm³/mol. The number of hydrogen-bond donors (Lipinski definition) is 1. The number of carbonyl (C=O) groups excluding carboxylic acids is 2. The van der Waals surface area contributed by atoms with Crippen molar-refractivity contribution >= 4 is 11.8 Å². The summed E-state index contributed by atoms with van der Waals surface area (Å²) in [5.41, 5.74) is -0.402. The van der Waals surface area contributed by atoms with Gasteiger partial charge in [0.05, 0.1) is 24.0 Å². The number of ether oxygens (including phenoxy) is 1. The highest BCUT2D eigenvalue weighted by atomic mass is 16.5. The molecule has 5 aliphatic carbocycles. The van der Waals surface area contributed by atoms with E-state index in [1.807, 2.05) is 6.92 Å². The molecule has 0 amide bonds. The molecule has 7 atom stereocenters. The summed E-state index contributed by atoms with van der Waals surface area (Å²) in [6.07, 6.45) is 7.31. The highest BCUT2D eigenvalue weighted by Gasteiger charge is 2.80. The maximum atomic E-state index is 13.1. The fourth-order valence-corrected chi connectivity index (χ4v) is 7.96. The van der Waals surface area contributed by atoms with Crippen LogP contribution in [0, 0.1) is 34.0 Å². The molecular weight excluding hydrogens is 328 g/mol. The Bertz CT molecular complexity index is 824. The fraction of sp³-hybridized carbons (Fsp3) is 0.636. The summed E-state index contributed by atoms with van der Waals surface area (Å²) in [5.74, 6) is -0.486. The summed E-state index contributed by atoms with van der Waals surface area (Å²) in [6, 6.07) is 0. The van der Waals surface area contributed by atoms with E-state index >= 15 is 0 Å². The number of aliphatic hydroxyl groups is 1. The molecule has 0 unspecified atom stereocenters. The van der Waals surface area contributed by atoms with Crippen LogP contribution < -0.4 is 0 Å². The third-order valence-electron chi connectivity index (χ3n) is 8.93. The third kappa shape index (κ3) is 1.43. The van der Waals surface area contributed by atoms with Crippen molar-refractivity contribution in [2.45, 2.75) is 44.6 Å². The van der Waals surface area contributed by atoms with E-state index in [0.717, 1.165) is 24.0 Å². The molecule has 0 saturated heterocycles. The molecule has 4 bridgehead atoms. The molecule has 4 saturated carbocycles. The van der Waals surface area contributed by atoms with Crippen LogP contribution in [0.15, 0.2) is 36.5 Å². The van der Waals surface area contributed by atoms with Crippen molar-refractivity contribution in [3.8, 4) is 0 Å². The number of allylic oxidation sites excluding steroid dienone is 3. The number of esters is 1. The van der Waals surface area contributed by atoms with Crippen LogP contribution in [-0.4, -0.2) is 29.6 Å². The Morgan fingerprint density at radius 2 is 2.04 bits per heavy atom. The number of rotatable bonds is 1. The third-order valence-corrected chi connectivity index (χ3v) is 8.93. The Kier molecular flexibility index (Phi) is 2.80. The van der Waals surface area contributed by atoms with E-state index in [0.29, 0.717) is 19.3 Å². The molecule has 4 heteroatoms. The van der Waals surface area contributed by atoms with E-state index in [1.54, 1.807) is 6.08 Å². The molecule has 1 spiro atoms. The molecule has 1 N–H and O–H groups in total. The van der Waals surface area contributed by atoms with Crippen molar-refractivity contribution < 1.29 is 19.4 Å². The molecule has 4 nitrogen and oxygen atoms in total. The number of carbonyl (C=O) groups is 2. The Hall–Kier alpha value is -1.68. The molecule has 0 heterocycles. The summed E-state index contributed by atoms with van der Waals surface area (Å²) >= 11 is 0. The zero-order valence-corrected chi connectivity index (χ0v) is 15.5. The number of hydrogen-bond acceptors (Lipinski definition) is 4. The highest BCUT2D eigenvalue weighted by molar-refractivity contribution is 6.00. The SMILES string of the molecule is C=C1C[C@@]23C[C@]1(O)CC[C@@H]2[C@]12C=CC(=O)[C@](C)(C(=C)C1)[C@@H]2[C@@H]3C(=O)OC. The molecule has 26 heavy (non-hydrogen) atoms. The Balaban J connectivity index is 1.79. The summed E-state index contributed by atoms with van der Waals surface area (Å²) in [4.78, 5) is 26.0. The molecule has 0 aromatic rings. The van der Waals surface area contributed by atoms with Crippen LogP contribution in [0.4, 0.5) is 0 Å². The van der Waals surface area contributed by atoms with Crippen molar-refractivity contribution in [1.82, 2.24) is 0 Å². The lowest BCUT2D eigenvalue weighted by molar-refractivity contribution is -0.155. The lowest BCUT2D eigenvalue weighted by atomic mass is 9.59.